The lowest BCUT2D eigenvalue weighted by atomic mass is 10.2. The zero-order chi connectivity index (χ0) is 13.0. The maximum atomic E-state index is 12.9. The number of alkyl halides is 2. The summed E-state index contributed by atoms with van der Waals surface area (Å²) in [4.78, 5) is 19.5. The quantitative estimate of drug-likeness (QED) is 0.851. The average Bonchev–Trinajstić information content (AvgIpc) is 2.71. The van der Waals surface area contributed by atoms with Crippen molar-refractivity contribution in [1.29, 1.82) is 0 Å². The second-order valence-corrected chi connectivity index (χ2v) is 4.23. The monoisotopic (exact) mass is 292 g/mol. The fourth-order valence-corrected chi connectivity index (χ4v) is 1.80. The summed E-state index contributed by atoms with van der Waals surface area (Å²) in [7, 11) is 0. The van der Waals surface area contributed by atoms with Gasteiger partial charge in [0.05, 0.1) is 18.3 Å². The highest BCUT2D eigenvalue weighted by Gasteiger charge is 2.42. The molecule has 0 radical (unpaired) electrons. The van der Waals surface area contributed by atoms with Gasteiger partial charge in [0.15, 0.2) is 0 Å². The first-order valence-electron chi connectivity index (χ1n) is 5.71. The van der Waals surface area contributed by atoms with Crippen molar-refractivity contribution in [2.75, 3.05) is 13.1 Å². The van der Waals surface area contributed by atoms with E-state index in [-0.39, 0.29) is 12.4 Å². The van der Waals surface area contributed by atoms with E-state index in [1.165, 1.54) is 0 Å². The number of carbonyl (C=O) groups is 1. The average molecular weight is 293 g/mol. The fraction of sp³-hybridized carbons (Fsp3) is 0.545. The molecule has 0 spiro atoms. The molecule has 5 nitrogen and oxygen atoms in total. The van der Waals surface area contributed by atoms with Crippen LogP contribution in [-0.2, 0) is 11.2 Å². The number of carbonyl (C=O) groups excluding carboxylic acids is 1. The Morgan fingerprint density at radius 3 is 2.89 bits per heavy atom. The van der Waals surface area contributed by atoms with Crippen molar-refractivity contribution in [3.05, 3.63) is 24.3 Å². The van der Waals surface area contributed by atoms with Crippen LogP contribution in [-0.4, -0.2) is 40.9 Å². The van der Waals surface area contributed by atoms with E-state index in [2.05, 4.69) is 20.6 Å². The van der Waals surface area contributed by atoms with Crippen LogP contribution in [0, 0.1) is 0 Å². The highest BCUT2D eigenvalue weighted by atomic mass is 35.5. The summed E-state index contributed by atoms with van der Waals surface area (Å²) in [5.74, 6) is -3.18. The number of hydrogen-bond donors (Lipinski definition) is 2. The number of rotatable bonds is 4. The second-order valence-electron chi connectivity index (χ2n) is 4.23. The molecule has 19 heavy (non-hydrogen) atoms. The molecule has 2 heterocycles. The van der Waals surface area contributed by atoms with Crippen LogP contribution in [0.4, 0.5) is 8.78 Å². The predicted octanol–water partition coefficient (Wildman–Crippen LogP) is 0.554. The second kappa shape index (κ2) is 6.72. The standard InChI is InChI=1S/C11H14F2N4O.ClH/c12-11(13)5-9(17-7-11)10(18)16-2-1-8-6-14-3-4-15-8;/h3-4,6,9,17H,1-2,5,7H2,(H,16,18);1H. The Bertz CT molecular complexity index is 418. The van der Waals surface area contributed by atoms with Crippen LogP contribution >= 0.6 is 12.4 Å². The van der Waals surface area contributed by atoms with Crippen LogP contribution in [0.5, 0.6) is 0 Å². The van der Waals surface area contributed by atoms with Gasteiger partial charge in [-0.25, -0.2) is 8.78 Å². The maximum absolute atomic E-state index is 12.9. The van der Waals surface area contributed by atoms with Gasteiger partial charge in [0.2, 0.25) is 5.91 Å². The van der Waals surface area contributed by atoms with Crippen molar-refractivity contribution >= 4 is 18.3 Å². The molecule has 2 N–H and O–H groups in total. The van der Waals surface area contributed by atoms with Crippen molar-refractivity contribution in [2.24, 2.45) is 0 Å². The molecular weight excluding hydrogens is 278 g/mol. The fourth-order valence-electron chi connectivity index (χ4n) is 1.80. The Kier molecular flexibility index (Phi) is 5.56. The molecule has 1 aliphatic heterocycles. The summed E-state index contributed by atoms with van der Waals surface area (Å²) >= 11 is 0. The first-order valence-corrected chi connectivity index (χ1v) is 5.71. The molecule has 1 aromatic rings. The van der Waals surface area contributed by atoms with Crippen molar-refractivity contribution in [1.82, 2.24) is 20.6 Å². The van der Waals surface area contributed by atoms with Crippen LogP contribution in [0.25, 0.3) is 0 Å². The summed E-state index contributed by atoms with van der Waals surface area (Å²) in [6, 6.07) is -0.804. The minimum atomic E-state index is -2.78. The summed E-state index contributed by atoms with van der Waals surface area (Å²) in [6.07, 6.45) is 4.82. The molecule has 1 atom stereocenters. The lowest BCUT2D eigenvalue weighted by molar-refractivity contribution is -0.123. The zero-order valence-corrected chi connectivity index (χ0v) is 10.9. The van der Waals surface area contributed by atoms with Crippen LogP contribution in [0.2, 0.25) is 0 Å². The van der Waals surface area contributed by atoms with E-state index in [0.29, 0.717) is 13.0 Å². The third-order valence-corrected chi connectivity index (χ3v) is 2.72. The first kappa shape index (κ1) is 15.7. The topological polar surface area (TPSA) is 66.9 Å². The molecule has 8 heteroatoms. The molecule has 2 rings (SSSR count). The SMILES string of the molecule is Cl.O=C(NCCc1cnccn1)C1CC(F)(F)CN1. The molecule has 1 saturated heterocycles. The van der Waals surface area contributed by atoms with Gasteiger partial charge in [-0.05, 0) is 0 Å². The number of amides is 1. The molecule has 0 aliphatic carbocycles. The maximum Gasteiger partial charge on any atom is 0.262 e. The van der Waals surface area contributed by atoms with Crippen LogP contribution in [0.15, 0.2) is 18.6 Å². The molecule has 0 aromatic carbocycles. The molecule has 1 aromatic heterocycles. The molecule has 1 fully saturated rings. The van der Waals surface area contributed by atoms with Gasteiger partial charge < -0.3 is 5.32 Å². The highest BCUT2D eigenvalue weighted by molar-refractivity contribution is 5.85. The van der Waals surface area contributed by atoms with Crippen molar-refractivity contribution in [3.8, 4) is 0 Å². The van der Waals surface area contributed by atoms with E-state index in [1.807, 2.05) is 0 Å². The molecule has 106 valence electrons. The van der Waals surface area contributed by atoms with Gasteiger partial charge in [-0.1, -0.05) is 0 Å². The van der Waals surface area contributed by atoms with Crippen LogP contribution in [0.3, 0.4) is 0 Å². The summed E-state index contributed by atoms with van der Waals surface area (Å²) in [5, 5.41) is 5.11. The predicted molar refractivity (Wildman–Crippen MR) is 67.3 cm³/mol. The highest BCUT2D eigenvalue weighted by Crippen LogP contribution is 2.24. The lowest BCUT2D eigenvalue weighted by Crippen LogP contribution is -2.41. The van der Waals surface area contributed by atoms with Gasteiger partial charge in [-0.15, -0.1) is 12.4 Å². The van der Waals surface area contributed by atoms with Gasteiger partial charge in [-0.3, -0.25) is 20.1 Å². The van der Waals surface area contributed by atoms with Gasteiger partial charge in [0.25, 0.3) is 5.92 Å². The number of nitrogens with zero attached hydrogens (tertiary/aromatic N) is 2. The van der Waals surface area contributed by atoms with E-state index in [1.54, 1.807) is 18.6 Å². The number of aromatic nitrogens is 2. The van der Waals surface area contributed by atoms with Crippen LogP contribution < -0.4 is 10.6 Å². The Morgan fingerprint density at radius 1 is 1.53 bits per heavy atom. The third kappa shape index (κ3) is 4.68. The summed E-state index contributed by atoms with van der Waals surface area (Å²) < 4.78 is 25.8. The number of halogens is 3. The molecule has 0 saturated carbocycles. The Hall–Kier alpha value is -1.34. The Morgan fingerprint density at radius 2 is 2.32 bits per heavy atom. The minimum Gasteiger partial charge on any atom is -0.354 e. The Balaban J connectivity index is 0.00000180. The summed E-state index contributed by atoms with van der Waals surface area (Å²) in [5.41, 5.74) is 0.752. The molecule has 1 aliphatic rings. The molecule has 1 amide bonds. The molecule has 1 unspecified atom stereocenters. The smallest absolute Gasteiger partial charge is 0.262 e. The van der Waals surface area contributed by atoms with E-state index in [9.17, 15) is 13.6 Å². The van der Waals surface area contributed by atoms with E-state index < -0.39 is 30.8 Å². The third-order valence-electron chi connectivity index (χ3n) is 2.72. The van der Waals surface area contributed by atoms with Crippen molar-refractivity contribution in [3.63, 3.8) is 0 Å². The van der Waals surface area contributed by atoms with Crippen molar-refractivity contribution in [2.45, 2.75) is 24.8 Å². The van der Waals surface area contributed by atoms with Crippen LogP contribution in [0.1, 0.15) is 12.1 Å². The van der Waals surface area contributed by atoms with Gasteiger partial charge in [0, 0.05) is 38.0 Å². The van der Waals surface area contributed by atoms with Crippen molar-refractivity contribution < 1.29 is 13.6 Å². The zero-order valence-electron chi connectivity index (χ0n) is 10.1. The molecule has 0 bridgehead atoms. The Labute approximate surface area is 115 Å². The van der Waals surface area contributed by atoms with Gasteiger partial charge in [0.1, 0.15) is 0 Å². The summed E-state index contributed by atoms with van der Waals surface area (Å²) in [6.45, 7) is -0.0729. The van der Waals surface area contributed by atoms with Gasteiger partial charge in [-0.2, -0.15) is 0 Å². The van der Waals surface area contributed by atoms with Gasteiger partial charge >= 0.3 is 0 Å². The number of nitrogens with one attached hydrogen (secondary N) is 2. The number of hydrogen-bond acceptors (Lipinski definition) is 4. The normalized spacial score (nSPS) is 20.6. The first-order chi connectivity index (χ1) is 8.57. The van der Waals surface area contributed by atoms with E-state index in [0.717, 1.165) is 5.69 Å². The largest absolute Gasteiger partial charge is 0.354 e. The van der Waals surface area contributed by atoms with E-state index in [4.69, 9.17) is 0 Å². The van der Waals surface area contributed by atoms with E-state index >= 15 is 0 Å². The minimum absolute atomic E-state index is 0. The lowest BCUT2D eigenvalue weighted by Gasteiger charge is -2.10. The molecular formula is C11H15ClF2N4O.